The van der Waals surface area contributed by atoms with Crippen LogP contribution in [0.1, 0.15) is 49.8 Å². The number of nitrogens with two attached hydrogens (primary N) is 2. The van der Waals surface area contributed by atoms with Gasteiger partial charge in [0, 0.05) is 12.8 Å². The van der Waals surface area contributed by atoms with E-state index in [1.807, 2.05) is 0 Å². The summed E-state index contributed by atoms with van der Waals surface area (Å²) < 4.78 is 0. The first-order valence-electron chi connectivity index (χ1n) is 23.6. The number of carbonyl (C=O) groups excluding carboxylic acids is 9. The van der Waals surface area contributed by atoms with Crippen molar-refractivity contribution in [2.75, 3.05) is 19.8 Å². The Morgan fingerprint density at radius 2 is 0.882 bits per heavy atom. The normalized spacial score (nSPS) is 14.1. The maximum absolute atomic E-state index is 13.9. The van der Waals surface area contributed by atoms with Crippen LogP contribution in [0, 0.1) is 5.92 Å². The van der Waals surface area contributed by atoms with Crippen molar-refractivity contribution >= 4 is 65.1 Å². The molecule has 0 aliphatic heterocycles. The van der Waals surface area contributed by atoms with Gasteiger partial charge in [0.1, 0.15) is 53.8 Å². The second kappa shape index (κ2) is 30.5. The molecule has 0 aliphatic rings. The number of primary amides is 1. The number of carboxylic acids is 2. The fourth-order valence-electron chi connectivity index (χ4n) is 7.17. The number of carbonyl (C=O) groups is 11. The summed E-state index contributed by atoms with van der Waals surface area (Å²) in [5.74, 6) is -13.7. The molecule has 0 heterocycles. The van der Waals surface area contributed by atoms with Crippen LogP contribution in [0.25, 0.3) is 0 Å². The van der Waals surface area contributed by atoms with E-state index in [9.17, 15) is 83.4 Å². The van der Waals surface area contributed by atoms with E-state index in [1.54, 1.807) is 44.2 Å². The van der Waals surface area contributed by atoms with Gasteiger partial charge in [-0.2, -0.15) is 0 Å². The molecule has 3 rings (SSSR count). The van der Waals surface area contributed by atoms with E-state index in [1.165, 1.54) is 48.5 Å². The van der Waals surface area contributed by atoms with Gasteiger partial charge < -0.3 is 84.6 Å². The Balaban J connectivity index is 1.75. The van der Waals surface area contributed by atoms with Crippen molar-refractivity contribution in [2.45, 2.75) is 101 Å². The summed E-state index contributed by atoms with van der Waals surface area (Å²) in [5.41, 5.74) is 12.8. The van der Waals surface area contributed by atoms with Crippen LogP contribution in [-0.4, -0.2) is 164 Å². The van der Waals surface area contributed by atoms with Gasteiger partial charge in [0.15, 0.2) is 0 Å². The number of rotatable bonds is 31. The van der Waals surface area contributed by atoms with E-state index in [-0.39, 0.29) is 43.1 Å². The van der Waals surface area contributed by atoms with Crippen LogP contribution in [0.3, 0.4) is 0 Å². The molecule has 0 bridgehead atoms. The van der Waals surface area contributed by atoms with E-state index in [2.05, 4.69) is 42.5 Å². The summed E-state index contributed by atoms with van der Waals surface area (Å²) in [4.78, 5) is 143. The second-order valence-electron chi connectivity index (χ2n) is 17.8. The van der Waals surface area contributed by atoms with Crippen molar-refractivity contribution in [3.63, 3.8) is 0 Å². The molecule has 76 heavy (non-hydrogen) atoms. The molecule has 0 fully saturated rings. The Morgan fingerprint density at radius 3 is 1.37 bits per heavy atom. The van der Waals surface area contributed by atoms with Crippen molar-refractivity contribution in [3.8, 4) is 11.5 Å². The molecule has 3 aromatic carbocycles. The van der Waals surface area contributed by atoms with Gasteiger partial charge in [-0.1, -0.05) is 68.4 Å². The average Bonchev–Trinajstić information content (AvgIpc) is 3.36. The molecule has 8 atom stereocenters. The van der Waals surface area contributed by atoms with Crippen LogP contribution in [0.2, 0.25) is 0 Å². The Kier molecular flexibility index (Phi) is 24.7. The predicted octanol–water partition coefficient (Wildman–Crippen LogP) is -4.57. The summed E-state index contributed by atoms with van der Waals surface area (Å²) in [6, 6.07) is 6.21. The molecule has 0 aliphatic carbocycles. The smallest absolute Gasteiger partial charge is 0.326 e. The van der Waals surface area contributed by atoms with Gasteiger partial charge in [0.25, 0.3) is 0 Å². The van der Waals surface area contributed by atoms with Crippen molar-refractivity contribution in [3.05, 3.63) is 95.6 Å². The molecule has 0 unspecified atom stereocenters. The van der Waals surface area contributed by atoms with Gasteiger partial charge >= 0.3 is 11.9 Å². The molecule has 27 heteroatoms. The maximum Gasteiger partial charge on any atom is 0.326 e. The second-order valence-corrected chi connectivity index (χ2v) is 17.8. The lowest BCUT2D eigenvalue weighted by Gasteiger charge is -2.27. The number of aliphatic hydroxyl groups excluding tert-OH is 2. The summed E-state index contributed by atoms with van der Waals surface area (Å²) in [6.45, 7) is 0.390. The minimum absolute atomic E-state index is 0.105. The standard InChI is InChI=1S/C49H64N10O17/c1-25(2)16-32(44(70)56-35(21-41(66)67)47(73)57-36(49(75)76)19-28-10-14-30(63)15-11-28)54-48(74)38(24-61)59-46(72)34(20-39(51)64)55-45(71)33(18-27-8-12-29(62)13-9-27)53-40(65)22-52-43(69)37(23-60)58-42(68)31(50)17-26-6-4-3-5-7-26/h3-15,25,31-38,60-63H,16-24,50H2,1-2H3,(H2,51,64)(H,52,69)(H,53,65)(H,54,74)(H,55,71)(H,56,70)(H,57,73)(H,58,68)(H,59,72)(H,66,67)(H,75,76)/t31-,32-,33-,34-,35-,36-,37-,38-/m0/s1. The third-order valence-corrected chi connectivity index (χ3v) is 11.1. The van der Waals surface area contributed by atoms with Crippen LogP contribution in [0.4, 0.5) is 0 Å². The third-order valence-electron chi connectivity index (χ3n) is 11.1. The van der Waals surface area contributed by atoms with E-state index in [0.717, 1.165) is 5.56 Å². The highest BCUT2D eigenvalue weighted by Crippen LogP contribution is 2.14. The van der Waals surface area contributed by atoms with Gasteiger partial charge in [-0.25, -0.2) is 4.79 Å². The maximum atomic E-state index is 13.9. The quantitative estimate of drug-likeness (QED) is 0.0288. The monoisotopic (exact) mass is 1060 g/mol. The number of aromatic hydroxyl groups is 2. The van der Waals surface area contributed by atoms with Crippen LogP contribution in [0.5, 0.6) is 11.5 Å². The SMILES string of the molecule is CC(C)C[C@H](NC(=O)[C@H](CO)NC(=O)[C@H](CC(N)=O)NC(=O)[C@H](Cc1ccc(O)cc1)NC(=O)CNC(=O)[C@H](CO)NC(=O)[C@@H](N)Cc1ccccc1)C(=O)N[C@@H](CC(=O)O)C(=O)N[C@@H](Cc1ccc(O)cc1)C(=O)O. The zero-order valence-corrected chi connectivity index (χ0v) is 41.4. The molecule has 27 nitrogen and oxygen atoms in total. The Hall–Kier alpha value is -8.69. The number of hydrogen-bond acceptors (Lipinski definition) is 16. The average molecular weight is 1070 g/mol. The molecule has 0 aromatic heterocycles. The molecule has 18 N–H and O–H groups in total. The van der Waals surface area contributed by atoms with E-state index in [0.29, 0.717) is 11.1 Å². The van der Waals surface area contributed by atoms with Crippen molar-refractivity contribution in [1.82, 2.24) is 42.5 Å². The number of phenolic OH excluding ortho intramolecular Hbond substituents is 2. The van der Waals surface area contributed by atoms with Gasteiger partial charge in [-0.15, -0.1) is 0 Å². The topological polar surface area (TPSA) is 457 Å². The molecule has 0 radical (unpaired) electrons. The minimum Gasteiger partial charge on any atom is -0.508 e. The van der Waals surface area contributed by atoms with E-state index >= 15 is 0 Å². The summed E-state index contributed by atoms with van der Waals surface area (Å²) in [7, 11) is 0. The number of aliphatic carboxylic acids is 2. The molecule has 9 amide bonds. The first-order chi connectivity index (χ1) is 35.9. The fraction of sp³-hybridized carbons (Fsp3) is 0.408. The first kappa shape index (κ1) is 61.6. The highest BCUT2D eigenvalue weighted by Gasteiger charge is 2.35. The molecule has 3 aromatic rings. The number of nitrogens with one attached hydrogen (secondary N) is 8. The molecule has 412 valence electrons. The van der Waals surface area contributed by atoms with Crippen molar-refractivity contribution < 1.29 is 83.4 Å². The molecular weight excluding hydrogens is 1000 g/mol. The lowest BCUT2D eigenvalue weighted by molar-refractivity contribution is -0.143. The van der Waals surface area contributed by atoms with Crippen molar-refractivity contribution in [1.29, 1.82) is 0 Å². The third kappa shape index (κ3) is 21.4. The van der Waals surface area contributed by atoms with E-state index < -0.39 is 146 Å². The van der Waals surface area contributed by atoms with Gasteiger partial charge in [0.2, 0.25) is 53.2 Å². The van der Waals surface area contributed by atoms with Crippen LogP contribution < -0.4 is 54.0 Å². The molecule has 0 saturated heterocycles. The number of hydrogen-bond donors (Lipinski definition) is 16. The van der Waals surface area contributed by atoms with Crippen LogP contribution in [-0.2, 0) is 72.0 Å². The highest BCUT2D eigenvalue weighted by molar-refractivity contribution is 5.99. The Labute approximate surface area is 434 Å². The van der Waals surface area contributed by atoms with Crippen molar-refractivity contribution in [2.24, 2.45) is 17.4 Å². The lowest BCUT2D eigenvalue weighted by Crippen LogP contribution is -2.61. The summed E-state index contributed by atoms with van der Waals surface area (Å²) in [6.07, 6.45) is -2.66. The fourth-order valence-corrected chi connectivity index (χ4v) is 7.17. The zero-order chi connectivity index (χ0) is 56.6. The Morgan fingerprint density at radius 1 is 0.474 bits per heavy atom. The minimum atomic E-state index is -1.92. The van der Waals surface area contributed by atoms with Crippen LogP contribution in [0.15, 0.2) is 78.9 Å². The van der Waals surface area contributed by atoms with Gasteiger partial charge in [-0.3, -0.25) is 47.9 Å². The largest absolute Gasteiger partial charge is 0.508 e. The van der Waals surface area contributed by atoms with E-state index in [4.69, 9.17) is 11.5 Å². The first-order valence-corrected chi connectivity index (χ1v) is 23.6. The number of carboxylic acid groups (broad SMARTS) is 2. The van der Waals surface area contributed by atoms with Gasteiger partial charge in [0.05, 0.1) is 38.6 Å². The number of aliphatic hydroxyl groups is 2. The number of amides is 9. The summed E-state index contributed by atoms with van der Waals surface area (Å²) in [5, 5.41) is 76.8. The predicted molar refractivity (Wildman–Crippen MR) is 266 cm³/mol. The van der Waals surface area contributed by atoms with Gasteiger partial charge in [-0.05, 0) is 59.7 Å². The lowest BCUT2D eigenvalue weighted by atomic mass is 10.0. The molecular formula is C49H64N10O17. The molecule has 0 spiro atoms. The zero-order valence-electron chi connectivity index (χ0n) is 41.4. The summed E-state index contributed by atoms with van der Waals surface area (Å²) >= 11 is 0. The van der Waals surface area contributed by atoms with Crippen LogP contribution >= 0.6 is 0 Å². The Bertz CT molecular complexity index is 2510. The number of phenols is 2. The number of benzene rings is 3. The highest BCUT2D eigenvalue weighted by atomic mass is 16.4. The molecule has 0 saturated carbocycles.